The molecule has 1 aliphatic heterocycles. The molecule has 4 amide bonds. The molecular weight excluding hydrogens is 408 g/mol. The molecular formula is C24H36N4O4. The van der Waals surface area contributed by atoms with Crippen LogP contribution < -0.4 is 16.0 Å². The van der Waals surface area contributed by atoms with Crippen LogP contribution in [0.4, 0.5) is 0 Å². The Morgan fingerprint density at radius 1 is 1.00 bits per heavy atom. The van der Waals surface area contributed by atoms with Gasteiger partial charge in [0.1, 0.15) is 12.1 Å². The molecule has 1 fully saturated rings. The number of hydrogen-bond acceptors (Lipinski definition) is 4. The fraction of sp³-hybridized carbons (Fsp3) is 0.583. The van der Waals surface area contributed by atoms with Gasteiger partial charge in [0, 0.05) is 19.5 Å². The van der Waals surface area contributed by atoms with Gasteiger partial charge in [-0.3, -0.25) is 19.2 Å². The van der Waals surface area contributed by atoms with Crippen LogP contribution in [0, 0.1) is 11.8 Å². The lowest BCUT2D eigenvalue weighted by Gasteiger charge is -2.29. The van der Waals surface area contributed by atoms with Gasteiger partial charge in [-0.05, 0) is 37.2 Å². The van der Waals surface area contributed by atoms with Crippen molar-refractivity contribution >= 4 is 23.6 Å². The van der Waals surface area contributed by atoms with Gasteiger partial charge in [-0.15, -0.1) is 0 Å². The van der Waals surface area contributed by atoms with E-state index in [1.54, 1.807) is 6.92 Å². The SMILES string of the molecule is CC(C)C[C@@H]1NC(=O)[C@H](C)NC(=O)C[C@@H](C)CCNC(=O)CN(Cc2ccccc2)C1=O. The molecule has 8 heteroatoms. The zero-order valence-electron chi connectivity index (χ0n) is 19.5. The molecule has 0 saturated carbocycles. The maximum Gasteiger partial charge on any atom is 0.245 e. The van der Waals surface area contributed by atoms with Crippen LogP contribution >= 0.6 is 0 Å². The standard InChI is InChI=1S/C24H36N4O4/c1-16(2)12-20-24(32)28(14-19-8-6-5-7-9-19)15-22(30)25-11-10-17(3)13-21(29)26-18(4)23(31)27-20/h5-9,16-18,20H,10-15H2,1-4H3,(H,25,30)(H,26,29)(H,27,31)/t17-,18-,20-/m0/s1. The predicted octanol–water partition coefficient (Wildman–Crippen LogP) is 1.60. The third kappa shape index (κ3) is 8.32. The summed E-state index contributed by atoms with van der Waals surface area (Å²) in [5.41, 5.74) is 0.899. The molecule has 0 radical (unpaired) electrons. The molecule has 2 rings (SSSR count). The van der Waals surface area contributed by atoms with E-state index in [1.165, 1.54) is 4.90 Å². The average molecular weight is 445 g/mol. The second-order valence-corrected chi connectivity index (χ2v) is 9.11. The van der Waals surface area contributed by atoms with Gasteiger partial charge in [-0.1, -0.05) is 51.1 Å². The molecule has 0 aliphatic carbocycles. The maximum atomic E-state index is 13.5. The van der Waals surface area contributed by atoms with Crippen molar-refractivity contribution in [1.82, 2.24) is 20.9 Å². The van der Waals surface area contributed by atoms with E-state index in [0.717, 1.165) is 5.56 Å². The lowest BCUT2D eigenvalue weighted by Crippen LogP contribution is -2.54. The van der Waals surface area contributed by atoms with Crippen molar-refractivity contribution in [3.63, 3.8) is 0 Å². The van der Waals surface area contributed by atoms with Crippen molar-refractivity contribution in [2.24, 2.45) is 11.8 Å². The smallest absolute Gasteiger partial charge is 0.245 e. The summed E-state index contributed by atoms with van der Waals surface area (Å²) < 4.78 is 0. The Kier molecular flexibility index (Phi) is 9.68. The van der Waals surface area contributed by atoms with E-state index in [1.807, 2.05) is 51.1 Å². The van der Waals surface area contributed by atoms with Crippen molar-refractivity contribution in [2.45, 2.75) is 65.6 Å². The van der Waals surface area contributed by atoms with Crippen molar-refractivity contribution in [1.29, 1.82) is 0 Å². The topological polar surface area (TPSA) is 108 Å². The van der Waals surface area contributed by atoms with Crippen LogP contribution in [-0.2, 0) is 25.7 Å². The van der Waals surface area contributed by atoms with Gasteiger partial charge in [0.25, 0.3) is 0 Å². The molecule has 32 heavy (non-hydrogen) atoms. The zero-order chi connectivity index (χ0) is 23.7. The minimum atomic E-state index is -0.789. The van der Waals surface area contributed by atoms with Crippen LogP contribution in [0.2, 0.25) is 0 Å². The quantitative estimate of drug-likeness (QED) is 0.656. The number of nitrogens with zero attached hydrogens (tertiary/aromatic N) is 1. The van der Waals surface area contributed by atoms with Crippen LogP contribution in [0.1, 0.15) is 52.5 Å². The van der Waals surface area contributed by atoms with E-state index in [2.05, 4.69) is 16.0 Å². The lowest BCUT2D eigenvalue weighted by atomic mass is 10.0. The monoisotopic (exact) mass is 444 g/mol. The molecule has 1 aromatic rings. The molecule has 3 N–H and O–H groups in total. The van der Waals surface area contributed by atoms with Gasteiger partial charge in [-0.25, -0.2) is 0 Å². The number of carbonyl (C=O) groups excluding carboxylic acids is 4. The molecule has 0 bridgehead atoms. The Morgan fingerprint density at radius 3 is 2.34 bits per heavy atom. The number of hydrogen-bond donors (Lipinski definition) is 3. The molecule has 0 unspecified atom stereocenters. The van der Waals surface area contributed by atoms with Crippen LogP contribution in [0.3, 0.4) is 0 Å². The molecule has 1 saturated heterocycles. The normalized spacial score (nSPS) is 24.3. The number of nitrogens with one attached hydrogen (secondary N) is 3. The van der Waals surface area contributed by atoms with E-state index >= 15 is 0 Å². The molecule has 1 aliphatic rings. The van der Waals surface area contributed by atoms with Crippen LogP contribution in [-0.4, -0.2) is 53.7 Å². The van der Waals surface area contributed by atoms with Crippen LogP contribution in [0.15, 0.2) is 30.3 Å². The summed E-state index contributed by atoms with van der Waals surface area (Å²) in [5.74, 6) is -1.02. The number of rotatable bonds is 4. The molecule has 1 aromatic carbocycles. The van der Waals surface area contributed by atoms with Gasteiger partial charge in [0.2, 0.25) is 23.6 Å². The fourth-order valence-electron chi connectivity index (χ4n) is 3.70. The minimum absolute atomic E-state index is 0.0476. The van der Waals surface area contributed by atoms with Crippen molar-refractivity contribution in [3.8, 4) is 0 Å². The largest absolute Gasteiger partial charge is 0.355 e. The van der Waals surface area contributed by atoms with E-state index in [0.29, 0.717) is 19.4 Å². The number of benzene rings is 1. The molecule has 8 nitrogen and oxygen atoms in total. The first-order chi connectivity index (χ1) is 15.2. The highest BCUT2D eigenvalue weighted by atomic mass is 16.2. The van der Waals surface area contributed by atoms with E-state index in [-0.39, 0.29) is 49.1 Å². The summed E-state index contributed by atoms with van der Waals surface area (Å²) in [5, 5.41) is 8.37. The first-order valence-electron chi connectivity index (χ1n) is 11.3. The first kappa shape index (κ1) is 25.4. The van der Waals surface area contributed by atoms with E-state index in [4.69, 9.17) is 0 Å². The summed E-state index contributed by atoms with van der Waals surface area (Å²) in [4.78, 5) is 52.6. The van der Waals surface area contributed by atoms with Crippen LogP contribution in [0.25, 0.3) is 0 Å². The van der Waals surface area contributed by atoms with E-state index in [9.17, 15) is 19.2 Å². The summed E-state index contributed by atoms with van der Waals surface area (Å²) in [6.45, 7) is 8.06. The van der Waals surface area contributed by atoms with Gasteiger partial charge in [0.05, 0.1) is 6.54 Å². The number of amides is 4. The molecule has 176 valence electrons. The fourth-order valence-corrected chi connectivity index (χ4v) is 3.70. The Labute approximate surface area is 190 Å². The predicted molar refractivity (Wildman–Crippen MR) is 122 cm³/mol. The molecule has 1 heterocycles. The molecule has 0 spiro atoms. The third-order valence-electron chi connectivity index (χ3n) is 5.45. The van der Waals surface area contributed by atoms with Crippen molar-refractivity contribution < 1.29 is 19.2 Å². The summed E-state index contributed by atoms with van der Waals surface area (Å²) in [7, 11) is 0. The Balaban J connectivity index is 2.31. The minimum Gasteiger partial charge on any atom is -0.355 e. The molecule has 0 aromatic heterocycles. The third-order valence-corrected chi connectivity index (χ3v) is 5.45. The summed E-state index contributed by atoms with van der Waals surface area (Å²) in [6, 6.07) is 7.90. The zero-order valence-corrected chi connectivity index (χ0v) is 19.5. The van der Waals surface area contributed by atoms with Gasteiger partial charge in [-0.2, -0.15) is 0 Å². The van der Waals surface area contributed by atoms with Crippen LogP contribution in [0.5, 0.6) is 0 Å². The van der Waals surface area contributed by atoms with E-state index < -0.39 is 18.0 Å². The summed E-state index contributed by atoms with van der Waals surface area (Å²) in [6.07, 6.45) is 1.32. The maximum absolute atomic E-state index is 13.5. The highest BCUT2D eigenvalue weighted by Crippen LogP contribution is 2.13. The summed E-state index contributed by atoms with van der Waals surface area (Å²) >= 11 is 0. The Hall–Kier alpha value is -2.90. The van der Waals surface area contributed by atoms with Crippen molar-refractivity contribution in [3.05, 3.63) is 35.9 Å². The van der Waals surface area contributed by atoms with Crippen molar-refractivity contribution in [2.75, 3.05) is 13.1 Å². The van der Waals surface area contributed by atoms with Gasteiger partial charge < -0.3 is 20.9 Å². The average Bonchev–Trinajstić information content (AvgIpc) is 2.71. The molecule has 3 atom stereocenters. The highest BCUT2D eigenvalue weighted by molar-refractivity contribution is 5.93. The Bertz CT molecular complexity index is 796. The van der Waals surface area contributed by atoms with Gasteiger partial charge >= 0.3 is 0 Å². The van der Waals surface area contributed by atoms with Gasteiger partial charge in [0.15, 0.2) is 0 Å². The Morgan fingerprint density at radius 2 is 1.69 bits per heavy atom. The lowest BCUT2D eigenvalue weighted by molar-refractivity contribution is -0.140. The second-order valence-electron chi connectivity index (χ2n) is 9.11. The number of carbonyl (C=O) groups is 4. The second kappa shape index (κ2) is 12.2. The first-order valence-corrected chi connectivity index (χ1v) is 11.3. The highest BCUT2D eigenvalue weighted by Gasteiger charge is 2.30.